The van der Waals surface area contributed by atoms with Crippen LogP contribution < -0.4 is 0 Å². The zero-order chi connectivity index (χ0) is 12.4. The van der Waals surface area contributed by atoms with Crippen LogP contribution in [0.15, 0.2) is 54.1 Å². The quantitative estimate of drug-likeness (QED) is 0.760. The van der Waals surface area contributed by atoms with E-state index in [1.165, 1.54) is 36.0 Å². The number of allylic oxidation sites excluding steroid dienone is 2. The van der Waals surface area contributed by atoms with Crippen LogP contribution in [-0.4, -0.2) is 5.60 Å². The molecule has 0 heterocycles. The molecule has 0 radical (unpaired) electrons. The van der Waals surface area contributed by atoms with Crippen molar-refractivity contribution in [1.82, 2.24) is 0 Å². The van der Waals surface area contributed by atoms with Gasteiger partial charge in [0.05, 0.1) is 12.2 Å². The topological polar surface area (TPSA) is 9.23 Å². The Morgan fingerprint density at radius 1 is 1.11 bits per heavy atom. The minimum Gasteiger partial charge on any atom is -0.366 e. The molecule has 1 aromatic rings. The maximum Gasteiger partial charge on any atom is 0.0902 e. The van der Waals surface area contributed by atoms with E-state index in [-0.39, 0.29) is 5.60 Å². The molecule has 1 nitrogen and oxygen atoms in total. The van der Waals surface area contributed by atoms with Crippen LogP contribution in [0.5, 0.6) is 0 Å². The summed E-state index contributed by atoms with van der Waals surface area (Å²) in [6, 6.07) is 10.5. The van der Waals surface area contributed by atoms with Gasteiger partial charge in [0.1, 0.15) is 0 Å². The maximum atomic E-state index is 6.32. The number of ether oxygens (including phenoxy) is 1. The third-order valence-corrected chi connectivity index (χ3v) is 4.20. The van der Waals surface area contributed by atoms with E-state index in [1.54, 1.807) is 0 Å². The highest BCUT2D eigenvalue weighted by molar-refractivity contribution is 5.35. The SMILES string of the molecule is C=C1C=C2CCCC2(OCc2ccccc2)CC1. The van der Waals surface area contributed by atoms with Crippen molar-refractivity contribution in [1.29, 1.82) is 0 Å². The fourth-order valence-corrected chi connectivity index (χ4v) is 3.16. The number of hydrogen-bond acceptors (Lipinski definition) is 1. The van der Waals surface area contributed by atoms with E-state index in [0.717, 1.165) is 19.4 Å². The normalized spacial score (nSPS) is 26.9. The largest absolute Gasteiger partial charge is 0.366 e. The molecule has 1 fully saturated rings. The van der Waals surface area contributed by atoms with Crippen molar-refractivity contribution in [2.75, 3.05) is 0 Å². The molecule has 0 aliphatic heterocycles. The van der Waals surface area contributed by atoms with E-state index in [0.29, 0.717) is 0 Å². The minimum absolute atomic E-state index is 0.0248. The van der Waals surface area contributed by atoms with Gasteiger partial charge in [0.2, 0.25) is 0 Å². The van der Waals surface area contributed by atoms with Crippen LogP contribution in [0, 0.1) is 0 Å². The molecule has 1 heteroatoms. The first kappa shape index (κ1) is 11.7. The van der Waals surface area contributed by atoms with Gasteiger partial charge in [-0.05, 0) is 43.2 Å². The second-order valence-corrected chi connectivity index (χ2v) is 5.45. The molecule has 1 atom stereocenters. The summed E-state index contributed by atoms with van der Waals surface area (Å²) in [6.45, 7) is 4.82. The lowest BCUT2D eigenvalue weighted by Crippen LogP contribution is -2.33. The number of hydrogen-bond donors (Lipinski definition) is 0. The van der Waals surface area contributed by atoms with Crippen molar-refractivity contribution in [3.05, 3.63) is 59.7 Å². The van der Waals surface area contributed by atoms with Crippen molar-refractivity contribution in [3.63, 3.8) is 0 Å². The molecule has 0 amide bonds. The highest BCUT2D eigenvalue weighted by Gasteiger charge is 2.40. The second-order valence-electron chi connectivity index (χ2n) is 5.45. The van der Waals surface area contributed by atoms with Crippen molar-refractivity contribution in [2.24, 2.45) is 0 Å². The molecule has 0 saturated heterocycles. The Labute approximate surface area is 109 Å². The molecule has 18 heavy (non-hydrogen) atoms. The van der Waals surface area contributed by atoms with Crippen LogP contribution in [-0.2, 0) is 11.3 Å². The number of fused-ring (bicyclic) bond motifs is 1. The number of benzene rings is 1. The first-order chi connectivity index (χ1) is 8.78. The summed E-state index contributed by atoms with van der Waals surface area (Å²) in [6.07, 6.45) is 8.10. The Balaban J connectivity index is 1.75. The van der Waals surface area contributed by atoms with Crippen molar-refractivity contribution >= 4 is 0 Å². The van der Waals surface area contributed by atoms with Gasteiger partial charge in [0, 0.05) is 0 Å². The van der Waals surface area contributed by atoms with Gasteiger partial charge in [0.15, 0.2) is 0 Å². The summed E-state index contributed by atoms with van der Waals surface area (Å²) < 4.78 is 6.32. The molecule has 0 bridgehead atoms. The molecule has 0 aromatic heterocycles. The maximum absolute atomic E-state index is 6.32. The van der Waals surface area contributed by atoms with Crippen LogP contribution in [0.3, 0.4) is 0 Å². The molecular weight excluding hydrogens is 220 g/mol. The average Bonchev–Trinajstić information content (AvgIpc) is 2.81. The Morgan fingerprint density at radius 3 is 2.78 bits per heavy atom. The summed E-state index contributed by atoms with van der Waals surface area (Å²) in [5, 5.41) is 0. The lowest BCUT2D eigenvalue weighted by molar-refractivity contribution is -0.0320. The standard InChI is InChI=1S/C17H20O/c1-14-9-11-17(10-5-8-16(17)12-14)18-13-15-6-3-2-4-7-15/h2-4,6-7,12H,1,5,8-11,13H2. The Hall–Kier alpha value is -1.34. The molecule has 1 aromatic carbocycles. The molecule has 94 valence electrons. The van der Waals surface area contributed by atoms with E-state index < -0.39 is 0 Å². The van der Waals surface area contributed by atoms with Crippen LogP contribution in [0.2, 0.25) is 0 Å². The lowest BCUT2D eigenvalue weighted by atomic mass is 9.83. The van der Waals surface area contributed by atoms with Crippen LogP contribution in [0.1, 0.15) is 37.7 Å². The Kier molecular flexibility index (Phi) is 3.09. The number of rotatable bonds is 3. The van der Waals surface area contributed by atoms with Gasteiger partial charge >= 0.3 is 0 Å². The molecule has 3 rings (SSSR count). The van der Waals surface area contributed by atoms with Crippen LogP contribution in [0.4, 0.5) is 0 Å². The molecule has 1 unspecified atom stereocenters. The van der Waals surface area contributed by atoms with E-state index in [1.807, 2.05) is 6.07 Å². The lowest BCUT2D eigenvalue weighted by Gasteiger charge is -2.35. The molecule has 0 N–H and O–H groups in total. The van der Waals surface area contributed by atoms with Gasteiger partial charge < -0.3 is 4.74 Å². The average molecular weight is 240 g/mol. The van der Waals surface area contributed by atoms with Crippen molar-refractivity contribution in [2.45, 2.75) is 44.3 Å². The summed E-state index contributed by atoms with van der Waals surface area (Å²) in [5.41, 5.74) is 4.04. The van der Waals surface area contributed by atoms with Gasteiger partial charge in [-0.2, -0.15) is 0 Å². The monoisotopic (exact) mass is 240 g/mol. The minimum atomic E-state index is 0.0248. The second kappa shape index (κ2) is 4.74. The highest BCUT2D eigenvalue weighted by atomic mass is 16.5. The molecule has 2 aliphatic carbocycles. The highest BCUT2D eigenvalue weighted by Crippen LogP contribution is 2.46. The zero-order valence-corrected chi connectivity index (χ0v) is 10.8. The van der Waals surface area contributed by atoms with E-state index in [4.69, 9.17) is 4.74 Å². The van der Waals surface area contributed by atoms with Gasteiger partial charge in [-0.1, -0.05) is 48.6 Å². The smallest absolute Gasteiger partial charge is 0.0902 e. The predicted octanol–water partition coefficient (Wildman–Crippen LogP) is 4.40. The van der Waals surface area contributed by atoms with E-state index in [9.17, 15) is 0 Å². The summed E-state index contributed by atoms with van der Waals surface area (Å²) in [7, 11) is 0. The molecular formula is C17H20O. The van der Waals surface area contributed by atoms with Crippen molar-refractivity contribution in [3.8, 4) is 0 Å². The zero-order valence-electron chi connectivity index (χ0n) is 10.8. The fraction of sp³-hybridized carbons (Fsp3) is 0.412. The first-order valence-corrected chi connectivity index (χ1v) is 6.85. The predicted molar refractivity (Wildman–Crippen MR) is 74.3 cm³/mol. The third kappa shape index (κ3) is 2.15. The first-order valence-electron chi connectivity index (χ1n) is 6.85. The van der Waals surface area contributed by atoms with Crippen LogP contribution >= 0.6 is 0 Å². The molecule has 2 aliphatic rings. The third-order valence-electron chi connectivity index (χ3n) is 4.20. The van der Waals surface area contributed by atoms with Gasteiger partial charge in [-0.3, -0.25) is 0 Å². The Bertz CT molecular complexity index is 472. The molecule has 1 saturated carbocycles. The van der Waals surface area contributed by atoms with E-state index >= 15 is 0 Å². The van der Waals surface area contributed by atoms with Crippen LogP contribution in [0.25, 0.3) is 0 Å². The Morgan fingerprint density at radius 2 is 1.94 bits per heavy atom. The van der Waals surface area contributed by atoms with Gasteiger partial charge in [-0.15, -0.1) is 0 Å². The van der Waals surface area contributed by atoms with Crippen molar-refractivity contribution < 1.29 is 4.74 Å². The van der Waals surface area contributed by atoms with E-state index in [2.05, 4.69) is 36.9 Å². The van der Waals surface area contributed by atoms with Gasteiger partial charge in [-0.25, -0.2) is 0 Å². The van der Waals surface area contributed by atoms with Gasteiger partial charge in [0.25, 0.3) is 0 Å². The molecule has 0 spiro atoms. The summed E-state index contributed by atoms with van der Waals surface area (Å²) in [5.74, 6) is 0. The fourth-order valence-electron chi connectivity index (χ4n) is 3.16. The summed E-state index contributed by atoms with van der Waals surface area (Å²) >= 11 is 0. The summed E-state index contributed by atoms with van der Waals surface area (Å²) in [4.78, 5) is 0.